The second kappa shape index (κ2) is 4.06. The average molecular weight is 262 g/mol. The van der Waals surface area contributed by atoms with Crippen LogP contribution >= 0.6 is 0 Å². The van der Waals surface area contributed by atoms with E-state index in [0.717, 1.165) is 10.9 Å². The van der Waals surface area contributed by atoms with Crippen molar-refractivity contribution in [3.63, 3.8) is 0 Å². The maximum atomic E-state index is 12.0. The van der Waals surface area contributed by atoms with Crippen molar-refractivity contribution in [3.8, 4) is 11.6 Å². The van der Waals surface area contributed by atoms with E-state index >= 15 is 0 Å². The molecule has 0 saturated carbocycles. The fourth-order valence-electron chi connectivity index (χ4n) is 2.32. The number of H-pyrrole nitrogens is 1. The van der Waals surface area contributed by atoms with Gasteiger partial charge >= 0.3 is 5.63 Å². The van der Waals surface area contributed by atoms with Gasteiger partial charge in [-0.2, -0.15) is 0 Å². The molecule has 0 radical (unpaired) electrons. The molecule has 4 nitrogen and oxygen atoms in total. The summed E-state index contributed by atoms with van der Waals surface area (Å²) in [6, 6.07) is 17.0. The molecule has 0 spiro atoms. The van der Waals surface area contributed by atoms with Crippen LogP contribution in [0, 0.1) is 0 Å². The molecule has 0 aliphatic heterocycles. The quantitative estimate of drug-likeness (QED) is 0.572. The van der Waals surface area contributed by atoms with Crippen molar-refractivity contribution in [2.24, 2.45) is 0 Å². The van der Waals surface area contributed by atoms with Crippen molar-refractivity contribution >= 4 is 21.8 Å². The number of rotatable bonds is 1. The first-order valence-electron chi connectivity index (χ1n) is 6.29. The molecule has 2 aromatic carbocycles. The van der Waals surface area contributed by atoms with E-state index in [1.165, 1.54) is 0 Å². The minimum absolute atomic E-state index is 0.310. The fraction of sp³-hybridized carbons (Fsp3) is 0. The predicted octanol–water partition coefficient (Wildman–Crippen LogP) is 3.34. The molecule has 0 saturated heterocycles. The normalized spacial score (nSPS) is 11.2. The monoisotopic (exact) mass is 262 g/mol. The van der Waals surface area contributed by atoms with Gasteiger partial charge in [0.1, 0.15) is 5.69 Å². The van der Waals surface area contributed by atoms with Crippen LogP contribution in [0.25, 0.3) is 33.4 Å². The van der Waals surface area contributed by atoms with Crippen LogP contribution in [0.2, 0.25) is 0 Å². The Labute approximate surface area is 113 Å². The lowest BCUT2D eigenvalue weighted by molar-refractivity contribution is 0.516. The molecule has 4 aromatic rings. The van der Waals surface area contributed by atoms with E-state index in [-0.39, 0.29) is 5.63 Å². The summed E-state index contributed by atoms with van der Waals surface area (Å²) in [5.41, 5.74) is 1.95. The van der Waals surface area contributed by atoms with Crippen LogP contribution in [0.4, 0.5) is 0 Å². The molecule has 1 N–H and O–H groups in total. The first kappa shape index (κ1) is 11.0. The van der Waals surface area contributed by atoms with E-state index in [4.69, 9.17) is 4.42 Å². The zero-order valence-corrected chi connectivity index (χ0v) is 10.5. The highest BCUT2D eigenvalue weighted by molar-refractivity contribution is 5.85. The molecule has 2 aromatic heterocycles. The van der Waals surface area contributed by atoms with Crippen LogP contribution < -0.4 is 5.63 Å². The first-order chi connectivity index (χ1) is 9.81. The van der Waals surface area contributed by atoms with Gasteiger partial charge in [0, 0.05) is 10.9 Å². The molecule has 20 heavy (non-hydrogen) atoms. The van der Waals surface area contributed by atoms with Crippen LogP contribution in [-0.2, 0) is 0 Å². The Morgan fingerprint density at radius 3 is 2.70 bits per heavy atom. The third kappa shape index (κ3) is 1.62. The lowest BCUT2D eigenvalue weighted by Crippen LogP contribution is -2.02. The number of benzene rings is 2. The first-order valence-corrected chi connectivity index (χ1v) is 6.29. The minimum atomic E-state index is -0.371. The van der Waals surface area contributed by atoms with Gasteiger partial charge in [-0.1, -0.05) is 30.3 Å². The Kier molecular flexibility index (Phi) is 2.23. The van der Waals surface area contributed by atoms with Crippen molar-refractivity contribution in [2.45, 2.75) is 0 Å². The Morgan fingerprint density at radius 2 is 1.80 bits per heavy atom. The van der Waals surface area contributed by atoms with Gasteiger partial charge in [0.2, 0.25) is 5.89 Å². The van der Waals surface area contributed by atoms with Crippen LogP contribution in [0.1, 0.15) is 0 Å². The van der Waals surface area contributed by atoms with Crippen LogP contribution in [0.15, 0.2) is 63.8 Å². The van der Waals surface area contributed by atoms with E-state index in [1.807, 2.05) is 36.4 Å². The summed E-state index contributed by atoms with van der Waals surface area (Å²) < 4.78 is 5.31. The number of hydrogen-bond donors (Lipinski definition) is 1. The summed E-state index contributed by atoms with van der Waals surface area (Å²) in [6.07, 6.45) is 0. The number of aromatic amines is 1. The minimum Gasteiger partial charge on any atom is -0.401 e. The third-order valence-electron chi connectivity index (χ3n) is 3.30. The maximum Gasteiger partial charge on any atom is 0.347 e. The Balaban J connectivity index is 1.99. The van der Waals surface area contributed by atoms with E-state index in [2.05, 4.69) is 9.97 Å². The molecule has 4 rings (SSSR count). The standard InChI is InChI=1S/C16H10N2O2/c19-16-11-6-2-4-8-13(11)18-15(20-16)14-9-10-5-1-3-7-12(10)17-14/h1-9,17H. The summed E-state index contributed by atoms with van der Waals surface area (Å²) in [4.78, 5) is 19.6. The largest absolute Gasteiger partial charge is 0.401 e. The molecule has 0 unspecified atom stereocenters. The highest BCUT2D eigenvalue weighted by Gasteiger charge is 2.10. The van der Waals surface area contributed by atoms with Crippen molar-refractivity contribution in [1.82, 2.24) is 9.97 Å². The highest BCUT2D eigenvalue weighted by Crippen LogP contribution is 2.22. The van der Waals surface area contributed by atoms with Gasteiger partial charge in [0.25, 0.3) is 0 Å². The topological polar surface area (TPSA) is 58.9 Å². The van der Waals surface area contributed by atoms with Crippen molar-refractivity contribution < 1.29 is 4.42 Å². The molecule has 96 valence electrons. The van der Waals surface area contributed by atoms with E-state index in [0.29, 0.717) is 22.5 Å². The van der Waals surface area contributed by atoms with E-state index in [1.54, 1.807) is 18.2 Å². The number of hydrogen-bond acceptors (Lipinski definition) is 3. The summed E-state index contributed by atoms with van der Waals surface area (Å²) in [5, 5.41) is 1.55. The molecule has 0 aliphatic rings. The lowest BCUT2D eigenvalue weighted by Gasteiger charge is -1.98. The Bertz CT molecular complexity index is 949. The van der Waals surface area contributed by atoms with Gasteiger partial charge < -0.3 is 9.40 Å². The zero-order valence-electron chi connectivity index (χ0n) is 10.5. The molecule has 0 amide bonds. The number of fused-ring (bicyclic) bond motifs is 2. The van der Waals surface area contributed by atoms with E-state index in [9.17, 15) is 4.79 Å². The van der Waals surface area contributed by atoms with Gasteiger partial charge in [-0.05, 0) is 24.3 Å². The van der Waals surface area contributed by atoms with Crippen LogP contribution in [0.5, 0.6) is 0 Å². The molecule has 0 bridgehead atoms. The van der Waals surface area contributed by atoms with Gasteiger partial charge in [0.15, 0.2) is 0 Å². The molecular weight excluding hydrogens is 252 g/mol. The second-order valence-electron chi connectivity index (χ2n) is 4.59. The van der Waals surface area contributed by atoms with Crippen molar-refractivity contribution in [3.05, 3.63) is 65.0 Å². The molecule has 4 heteroatoms. The van der Waals surface area contributed by atoms with Crippen molar-refractivity contribution in [1.29, 1.82) is 0 Å². The third-order valence-corrected chi connectivity index (χ3v) is 3.30. The fourth-order valence-corrected chi connectivity index (χ4v) is 2.32. The average Bonchev–Trinajstić information content (AvgIpc) is 2.91. The summed E-state index contributed by atoms with van der Waals surface area (Å²) in [7, 11) is 0. The molecule has 0 atom stereocenters. The van der Waals surface area contributed by atoms with Gasteiger partial charge in [-0.3, -0.25) is 0 Å². The Hall–Kier alpha value is -2.88. The molecular formula is C16H10N2O2. The lowest BCUT2D eigenvalue weighted by atomic mass is 10.2. The van der Waals surface area contributed by atoms with Gasteiger partial charge in [0.05, 0.1) is 10.9 Å². The predicted molar refractivity (Wildman–Crippen MR) is 77.6 cm³/mol. The van der Waals surface area contributed by atoms with E-state index < -0.39 is 0 Å². The van der Waals surface area contributed by atoms with Crippen LogP contribution in [0.3, 0.4) is 0 Å². The summed E-state index contributed by atoms with van der Waals surface area (Å²) in [5.74, 6) is 0.310. The zero-order chi connectivity index (χ0) is 13.5. The number of nitrogens with one attached hydrogen (secondary N) is 1. The molecule has 0 aliphatic carbocycles. The maximum absolute atomic E-state index is 12.0. The molecule has 0 fully saturated rings. The smallest absolute Gasteiger partial charge is 0.347 e. The second-order valence-corrected chi connectivity index (χ2v) is 4.59. The SMILES string of the molecule is O=c1oc(-c2cc3ccccc3[nH]2)nc2ccccc12. The number of aromatic nitrogens is 2. The van der Waals surface area contributed by atoms with Gasteiger partial charge in [-0.25, -0.2) is 9.78 Å². The van der Waals surface area contributed by atoms with Crippen LogP contribution in [-0.4, -0.2) is 9.97 Å². The summed E-state index contributed by atoms with van der Waals surface area (Å²) in [6.45, 7) is 0. The van der Waals surface area contributed by atoms with Crippen molar-refractivity contribution in [2.75, 3.05) is 0 Å². The number of nitrogens with zero attached hydrogens (tertiary/aromatic N) is 1. The summed E-state index contributed by atoms with van der Waals surface area (Å²) >= 11 is 0. The Morgan fingerprint density at radius 1 is 1.00 bits per heavy atom. The van der Waals surface area contributed by atoms with Gasteiger partial charge in [-0.15, -0.1) is 0 Å². The highest BCUT2D eigenvalue weighted by atomic mass is 16.4. The number of para-hydroxylation sites is 2. The molecule has 2 heterocycles.